The maximum atomic E-state index is 12.4. The van der Waals surface area contributed by atoms with E-state index in [-0.39, 0.29) is 12.0 Å². The van der Waals surface area contributed by atoms with Gasteiger partial charge in [-0.25, -0.2) is 13.1 Å². The second-order valence-corrected chi connectivity index (χ2v) is 8.73. The molecule has 1 aliphatic carbocycles. The van der Waals surface area contributed by atoms with Crippen LogP contribution in [-0.4, -0.2) is 26.7 Å². The SMILES string of the molecule is CC(C)(CO)CCCNS(=O)(=O)c1ccc2c(c1)CCCC2. The zero-order valence-electron chi connectivity index (χ0n) is 13.6. The molecule has 0 saturated carbocycles. The van der Waals surface area contributed by atoms with Gasteiger partial charge in [0.2, 0.25) is 10.0 Å². The molecule has 0 atom stereocenters. The molecule has 0 unspecified atom stereocenters. The Morgan fingerprint density at radius 1 is 1.18 bits per heavy atom. The molecule has 124 valence electrons. The van der Waals surface area contributed by atoms with Crippen molar-refractivity contribution in [2.24, 2.45) is 5.41 Å². The summed E-state index contributed by atoms with van der Waals surface area (Å²) in [7, 11) is -3.43. The summed E-state index contributed by atoms with van der Waals surface area (Å²) in [4.78, 5) is 0.370. The summed E-state index contributed by atoms with van der Waals surface area (Å²) >= 11 is 0. The Hall–Kier alpha value is -0.910. The third-order valence-corrected chi connectivity index (χ3v) is 5.84. The average Bonchev–Trinajstić information content (AvgIpc) is 2.51. The molecule has 2 N–H and O–H groups in total. The smallest absolute Gasteiger partial charge is 0.240 e. The van der Waals surface area contributed by atoms with Crippen LogP contribution in [0.1, 0.15) is 50.7 Å². The maximum absolute atomic E-state index is 12.4. The fourth-order valence-corrected chi connectivity index (χ4v) is 3.94. The van der Waals surface area contributed by atoms with E-state index in [2.05, 4.69) is 4.72 Å². The summed E-state index contributed by atoms with van der Waals surface area (Å²) in [5.41, 5.74) is 2.31. The molecule has 0 aliphatic heterocycles. The highest BCUT2D eigenvalue weighted by Crippen LogP contribution is 2.24. The van der Waals surface area contributed by atoms with Crippen molar-refractivity contribution in [3.63, 3.8) is 0 Å². The molecule has 4 nitrogen and oxygen atoms in total. The second-order valence-electron chi connectivity index (χ2n) is 6.96. The molecule has 0 saturated heterocycles. The molecule has 0 spiro atoms. The molecule has 2 rings (SSSR count). The summed E-state index contributed by atoms with van der Waals surface area (Å²) in [5, 5.41) is 9.21. The Labute approximate surface area is 134 Å². The van der Waals surface area contributed by atoms with Gasteiger partial charge in [-0.2, -0.15) is 0 Å². The van der Waals surface area contributed by atoms with Crippen molar-refractivity contribution in [2.45, 2.75) is 57.3 Å². The minimum atomic E-state index is -3.43. The van der Waals surface area contributed by atoms with Gasteiger partial charge in [-0.05, 0) is 67.2 Å². The molecular weight excluding hydrogens is 298 g/mol. The number of rotatable bonds is 7. The number of hydrogen-bond donors (Lipinski definition) is 2. The van der Waals surface area contributed by atoms with Crippen LogP contribution in [-0.2, 0) is 22.9 Å². The van der Waals surface area contributed by atoms with Crippen LogP contribution in [0.25, 0.3) is 0 Å². The quantitative estimate of drug-likeness (QED) is 0.757. The van der Waals surface area contributed by atoms with Crippen molar-refractivity contribution in [2.75, 3.05) is 13.2 Å². The van der Waals surface area contributed by atoms with E-state index in [0.29, 0.717) is 11.4 Å². The topological polar surface area (TPSA) is 66.4 Å². The first kappa shape index (κ1) is 17.4. The van der Waals surface area contributed by atoms with Crippen molar-refractivity contribution < 1.29 is 13.5 Å². The molecule has 1 aliphatic rings. The number of aliphatic hydroxyl groups is 1. The first-order valence-electron chi connectivity index (χ1n) is 8.06. The highest BCUT2D eigenvalue weighted by molar-refractivity contribution is 7.89. The van der Waals surface area contributed by atoms with E-state index >= 15 is 0 Å². The molecule has 0 bridgehead atoms. The molecule has 0 heterocycles. The first-order valence-corrected chi connectivity index (χ1v) is 9.55. The predicted molar refractivity (Wildman–Crippen MR) is 88.4 cm³/mol. The van der Waals surface area contributed by atoms with Crippen molar-refractivity contribution in [1.82, 2.24) is 4.72 Å². The zero-order chi connectivity index (χ0) is 16.2. The minimum Gasteiger partial charge on any atom is -0.396 e. The average molecular weight is 325 g/mol. The van der Waals surface area contributed by atoms with Crippen LogP contribution in [0.5, 0.6) is 0 Å². The van der Waals surface area contributed by atoms with Crippen LogP contribution in [0.2, 0.25) is 0 Å². The Balaban J connectivity index is 1.96. The number of benzene rings is 1. The van der Waals surface area contributed by atoms with Crippen molar-refractivity contribution in [1.29, 1.82) is 0 Å². The summed E-state index contributed by atoms with van der Waals surface area (Å²) in [6, 6.07) is 5.50. The van der Waals surface area contributed by atoms with Crippen molar-refractivity contribution in [3.05, 3.63) is 29.3 Å². The van der Waals surface area contributed by atoms with E-state index in [4.69, 9.17) is 0 Å². The number of aryl methyl sites for hydroxylation is 2. The van der Waals surface area contributed by atoms with Gasteiger partial charge in [0.1, 0.15) is 0 Å². The highest BCUT2D eigenvalue weighted by atomic mass is 32.2. The molecular formula is C17H27NO3S. The molecule has 1 aromatic carbocycles. The summed E-state index contributed by atoms with van der Waals surface area (Å²) in [6.07, 6.45) is 5.87. The van der Waals surface area contributed by atoms with Crippen molar-refractivity contribution >= 4 is 10.0 Å². The van der Waals surface area contributed by atoms with Gasteiger partial charge in [0.15, 0.2) is 0 Å². The Bertz CT molecular complexity index is 608. The zero-order valence-corrected chi connectivity index (χ0v) is 14.4. The standard InChI is InChI=1S/C17H27NO3S/c1-17(2,13-19)10-5-11-18-22(20,21)16-9-8-14-6-3-4-7-15(14)12-16/h8-9,12,18-19H,3-7,10-11,13H2,1-2H3. The van der Waals surface area contributed by atoms with Gasteiger partial charge in [-0.15, -0.1) is 0 Å². The van der Waals surface area contributed by atoms with E-state index in [0.717, 1.165) is 32.1 Å². The van der Waals surface area contributed by atoms with Crippen LogP contribution in [0, 0.1) is 5.41 Å². The molecule has 0 fully saturated rings. The van der Waals surface area contributed by atoms with Crippen LogP contribution >= 0.6 is 0 Å². The van der Waals surface area contributed by atoms with Gasteiger partial charge in [-0.1, -0.05) is 19.9 Å². The normalized spacial score (nSPS) is 15.6. The third kappa shape index (κ3) is 4.54. The van der Waals surface area contributed by atoms with Gasteiger partial charge >= 0.3 is 0 Å². The van der Waals surface area contributed by atoms with Gasteiger partial charge in [0.05, 0.1) is 4.90 Å². The van der Waals surface area contributed by atoms with Gasteiger partial charge < -0.3 is 5.11 Å². The Kier molecular flexibility index (Phi) is 5.64. The van der Waals surface area contributed by atoms with Crippen LogP contribution < -0.4 is 4.72 Å². The minimum absolute atomic E-state index is 0.116. The van der Waals surface area contributed by atoms with Gasteiger partial charge in [0, 0.05) is 13.2 Å². The lowest BCUT2D eigenvalue weighted by Crippen LogP contribution is -2.27. The molecule has 5 heteroatoms. The number of sulfonamides is 1. The second kappa shape index (κ2) is 7.11. The summed E-state index contributed by atoms with van der Waals surface area (Å²) in [5.74, 6) is 0. The fourth-order valence-electron chi connectivity index (χ4n) is 2.81. The number of nitrogens with one attached hydrogen (secondary N) is 1. The third-order valence-electron chi connectivity index (χ3n) is 4.38. The van der Waals surface area contributed by atoms with Crippen LogP contribution in [0.4, 0.5) is 0 Å². The lowest BCUT2D eigenvalue weighted by atomic mass is 9.89. The summed E-state index contributed by atoms with van der Waals surface area (Å²) in [6.45, 7) is 4.48. The van der Waals surface area contributed by atoms with E-state index < -0.39 is 10.0 Å². The van der Waals surface area contributed by atoms with Crippen LogP contribution in [0.15, 0.2) is 23.1 Å². The van der Waals surface area contributed by atoms with Crippen LogP contribution in [0.3, 0.4) is 0 Å². The highest BCUT2D eigenvalue weighted by Gasteiger charge is 2.19. The summed E-state index contributed by atoms with van der Waals surface area (Å²) < 4.78 is 27.4. The number of aliphatic hydroxyl groups excluding tert-OH is 1. The van der Waals surface area contributed by atoms with Gasteiger partial charge in [-0.3, -0.25) is 0 Å². The lowest BCUT2D eigenvalue weighted by Gasteiger charge is -2.21. The molecule has 0 aromatic heterocycles. The number of hydrogen-bond acceptors (Lipinski definition) is 3. The monoisotopic (exact) mass is 325 g/mol. The largest absolute Gasteiger partial charge is 0.396 e. The lowest BCUT2D eigenvalue weighted by molar-refractivity contribution is 0.148. The molecule has 1 aromatic rings. The maximum Gasteiger partial charge on any atom is 0.240 e. The fraction of sp³-hybridized carbons (Fsp3) is 0.647. The molecule has 0 radical (unpaired) electrons. The molecule has 0 amide bonds. The van der Waals surface area contributed by atoms with E-state index in [9.17, 15) is 13.5 Å². The Morgan fingerprint density at radius 2 is 1.86 bits per heavy atom. The van der Waals surface area contributed by atoms with Gasteiger partial charge in [0.25, 0.3) is 0 Å². The number of fused-ring (bicyclic) bond motifs is 1. The predicted octanol–water partition coefficient (Wildman–Crippen LogP) is 2.64. The Morgan fingerprint density at radius 3 is 2.55 bits per heavy atom. The van der Waals surface area contributed by atoms with E-state index in [1.54, 1.807) is 6.07 Å². The van der Waals surface area contributed by atoms with E-state index in [1.165, 1.54) is 17.5 Å². The first-order chi connectivity index (χ1) is 10.3. The van der Waals surface area contributed by atoms with Crippen molar-refractivity contribution in [3.8, 4) is 0 Å². The van der Waals surface area contributed by atoms with E-state index in [1.807, 2.05) is 26.0 Å². The molecule has 22 heavy (non-hydrogen) atoms.